The standard InChI is InChI=1S/C22H25ClN2O6/c1-28-18-6-5-14(23)10-16(18)24-22(27)25-8-7-13-9-19(29-2)20(30-3)11-15(13)17(25)12-21(26)31-4/h5-6,9-11,17H,7-8,12H2,1-4H3,(H,24,27)/t17-/m1/s1. The number of ether oxygens (including phenoxy) is 4. The van der Waals surface area contributed by atoms with Crippen LogP contribution in [0.1, 0.15) is 23.6 Å². The summed E-state index contributed by atoms with van der Waals surface area (Å²) in [5.74, 6) is 1.17. The lowest BCUT2D eigenvalue weighted by molar-refractivity contribution is -0.141. The number of hydrogen-bond donors (Lipinski definition) is 1. The molecule has 1 atom stereocenters. The van der Waals surface area contributed by atoms with E-state index in [1.54, 1.807) is 36.3 Å². The lowest BCUT2D eigenvalue weighted by Gasteiger charge is -2.37. The first kappa shape index (κ1) is 22.6. The summed E-state index contributed by atoms with van der Waals surface area (Å²) in [5, 5.41) is 3.31. The molecular formula is C22H25ClN2O6. The van der Waals surface area contributed by atoms with Crippen LogP contribution in [0.5, 0.6) is 17.2 Å². The van der Waals surface area contributed by atoms with Crippen LogP contribution in [-0.4, -0.2) is 51.9 Å². The normalized spacial score (nSPS) is 15.0. The first-order chi connectivity index (χ1) is 14.9. The zero-order valence-corrected chi connectivity index (χ0v) is 18.6. The number of carbonyl (C=O) groups is 2. The monoisotopic (exact) mass is 448 g/mol. The van der Waals surface area contributed by atoms with Gasteiger partial charge in [0.15, 0.2) is 11.5 Å². The quantitative estimate of drug-likeness (QED) is 0.670. The van der Waals surface area contributed by atoms with Crippen molar-refractivity contribution in [3.63, 3.8) is 0 Å². The highest BCUT2D eigenvalue weighted by molar-refractivity contribution is 6.31. The molecular weight excluding hydrogens is 424 g/mol. The van der Waals surface area contributed by atoms with Crippen molar-refractivity contribution in [2.45, 2.75) is 18.9 Å². The second-order valence-corrected chi connectivity index (χ2v) is 7.36. The average molecular weight is 449 g/mol. The number of anilines is 1. The van der Waals surface area contributed by atoms with Crippen molar-refractivity contribution in [1.82, 2.24) is 4.90 Å². The maximum Gasteiger partial charge on any atom is 0.322 e. The number of rotatable bonds is 6. The molecule has 1 aliphatic heterocycles. The second kappa shape index (κ2) is 9.78. The summed E-state index contributed by atoms with van der Waals surface area (Å²) in [5.41, 5.74) is 2.23. The van der Waals surface area contributed by atoms with Gasteiger partial charge in [-0.05, 0) is 47.9 Å². The Morgan fingerprint density at radius 3 is 2.35 bits per heavy atom. The summed E-state index contributed by atoms with van der Waals surface area (Å²) in [6.07, 6.45) is 0.590. The van der Waals surface area contributed by atoms with E-state index in [1.165, 1.54) is 21.3 Å². The van der Waals surface area contributed by atoms with Crippen molar-refractivity contribution >= 4 is 29.3 Å². The molecule has 2 amide bonds. The van der Waals surface area contributed by atoms with Crippen LogP contribution in [0.2, 0.25) is 5.02 Å². The lowest BCUT2D eigenvalue weighted by atomic mass is 9.90. The molecule has 0 saturated heterocycles. The molecule has 0 fully saturated rings. The fraction of sp³-hybridized carbons (Fsp3) is 0.364. The Morgan fingerprint density at radius 1 is 1.03 bits per heavy atom. The summed E-state index contributed by atoms with van der Waals surface area (Å²) in [4.78, 5) is 27.0. The largest absolute Gasteiger partial charge is 0.495 e. The average Bonchev–Trinajstić information content (AvgIpc) is 2.78. The number of carbonyl (C=O) groups excluding carboxylic acids is 2. The van der Waals surface area contributed by atoms with Gasteiger partial charge < -0.3 is 29.2 Å². The molecule has 0 aromatic heterocycles. The number of esters is 1. The number of nitrogens with one attached hydrogen (secondary N) is 1. The zero-order chi connectivity index (χ0) is 22.5. The molecule has 0 radical (unpaired) electrons. The van der Waals surface area contributed by atoms with Crippen molar-refractivity contribution in [3.8, 4) is 17.2 Å². The van der Waals surface area contributed by atoms with Crippen molar-refractivity contribution in [2.24, 2.45) is 0 Å². The van der Waals surface area contributed by atoms with E-state index in [-0.39, 0.29) is 12.5 Å². The zero-order valence-electron chi connectivity index (χ0n) is 17.9. The molecule has 0 saturated carbocycles. The molecule has 0 aliphatic carbocycles. The van der Waals surface area contributed by atoms with E-state index < -0.39 is 12.0 Å². The van der Waals surface area contributed by atoms with Gasteiger partial charge in [-0.3, -0.25) is 4.79 Å². The number of fused-ring (bicyclic) bond motifs is 1. The summed E-state index contributed by atoms with van der Waals surface area (Å²) in [6.45, 7) is 0.402. The van der Waals surface area contributed by atoms with Crippen molar-refractivity contribution in [1.29, 1.82) is 0 Å². The third-order valence-corrected chi connectivity index (χ3v) is 5.49. The summed E-state index contributed by atoms with van der Waals surface area (Å²) < 4.78 is 21.0. The molecule has 0 spiro atoms. The summed E-state index contributed by atoms with van der Waals surface area (Å²) in [6, 6.07) is 7.73. The van der Waals surface area contributed by atoms with Gasteiger partial charge in [-0.25, -0.2) is 4.79 Å². The topological polar surface area (TPSA) is 86.3 Å². The van der Waals surface area contributed by atoms with Crippen LogP contribution in [0.4, 0.5) is 10.5 Å². The lowest BCUT2D eigenvalue weighted by Crippen LogP contribution is -2.43. The van der Waals surface area contributed by atoms with Crippen LogP contribution in [0, 0.1) is 0 Å². The van der Waals surface area contributed by atoms with Crippen molar-refractivity contribution < 1.29 is 28.5 Å². The van der Waals surface area contributed by atoms with E-state index in [0.717, 1.165) is 11.1 Å². The van der Waals surface area contributed by atoms with Crippen LogP contribution in [0.15, 0.2) is 30.3 Å². The van der Waals surface area contributed by atoms with Gasteiger partial charge in [0.1, 0.15) is 5.75 Å². The highest BCUT2D eigenvalue weighted by Gasteiger charge is 2.34. The van der Waals surface area contributed by atoms with Crippen LogP contribution < -0.4 is 19.5 Å². The Morgan fingerprint density at radius 2 is 1.71 bits per heavy atom. The minimum absolute atomic E-state index is 0.000909. The maximum absolute atomic E-state index is 13.2. The number of hydrogen-bond acceptors (Lipinski definition) is 6. The molecule has 0 bridgehead atoms. The smallest absolute Gasteiger partial charge is 0.322 e. The van der Waals surface area contributed by atoms with Crippen LogP contribution in [-0.2, 0) is 16.0 Å². The first-order valence-electron chi connectivity index (χ1n) is 9.64. The minimum atomic E-state index is -0.541. The number of amides is 2. The van der Waals surface area contributed by atoms with Gasteiger partial charge in [-0.2, -0.15) is 0 Å². The molecule has 9 heteroatoms. The Bertz CT molecular complexity index is 981. The summed E-state index contributed by atoms with van der Waals surface area (Å²) >= 11 is 6.08. The van der Waals surface area contributed by atoms with Gasteiger partial charge in [-0.15, -0.1) is 0 Å². The minimum Gasteiger partial charge on any atom is -0.495 e. The Kier molecular flexibility index (Phi) is 7.12. The van der Waals surface area contributed by atoms with Gasteiger partial charge in [0.25, 0.3) is 0 Å². The number of nitrogens with zero attached hydrogens (tertiary/aromatic N) is 1. The fourth-order valence-corrected chi connectivity index (χ4v) is 3.87. The maximum atomic E-state index is 13.2. The number of methoxy groups -OCH3 is 4. The molecule has 1 N–H and O–H groups in total. The van der Waals surface area contributed by atoms with E-state index in [4.69, 9.17) is 30.5 Å². The molecule has 166 valence electrons. The number of halogens is 1. The predicted octanol–water partition coefficient (Wildman–Crippen LogP) is 4.06. The van der Waals surface area contributed by atoms with Gasteiger partial charge >= 0.3 is 12.0 Å². The SMILES string of the molecule is COC(=O)C[C@@H]1c2cc(OC)c(OC)cc2CCN1C(=O)Nc1cc(Cl)ccc1OC. The molecule has 2 aromatic carbocycles. The Balaban J connectivity index is 1.97. The number of benzene rings is 2. The van der Waals surface area contributed by atoms with E-state index in [9.17, 15) is 9.59 Å². The van der Waals surface area contributed by atoms with E-state index in [0.29, 0.717) is 40.9 Å². The van der Waals surface area contributed by atoms with Gasteiger partial charge in [-0.1, -0.05) is 11.6 Å². The highest BCUT2D eigenvalue weighted by Crippen LogP contribution is 2.40. The van der Waals surface area contributed by atoms with Gasteiger partial charge in [0.05, 0.1) is 46.6 Å². The van der Waals surface area contributed by atoms with Crippen molar-refractivity contribution in [2.75, 3.05) is 40.3 Å². The molecule has 3 rings (SSSR count). The molecule has 2 aromatic rings. The Labute approximate surface area is 186 Å². The third kappa shape index (κ3) is 4.80. The van der Waals surface area contributed by atoms with E-state index in [2.05, 4.69) is 5.32 Å². The third-order valence-electron chi connectivity index (χ3n) is 5.25. The van der Waals surface area contributed by atoms with Crippen molar-refractivity contribution in [3.05, 3.63) is 46.5 Å². The molecule has 31 heavy (non-hydrogen) atoms. The van der Waals surface area contributed by atoms with Gasteiger partial charge in [0, 0.05) is 11.6 Å². The predicted molar refractivity (Wildman–Crippen MR) is 116 cm³/mol. The van der Waals surface area contributed by atoms with E-state index in [1.807, 2.05) is 6.07 Å². The van der Waals surface area contributed by atoms with Gasteiger partial charge in [0.2, 0.25) is 0 Å². The first-order valence-corrected chi connectivity index (χ1v) is 10.0. The number of urea groups is 1. The fourth-order valence-electron chi connectivity index (χ4n) is 3.70. The molecule has 1 aliphatic rings. The van der Waals surface area contributed by atoms with Crippen LogP contribution >= 0.6 is 11.6 Å². The second-order valence-electron chi connectivity index (χ2n) is 6.92. The molecule has 0 unspecified atom stereocenters. The highest BCUT2D eigenvalue weighted by atomic mass is 35.5. The van der Waals surface area contributed by atoms with E-state index >= 15 is 0 Å². The molecule has 1 heterocycles. The summed E-state index contributed by atoms with van der Waals surface area (Å²) in [7, 11) is 5.94. The van der Waals surface area contributed by atoms with Crippen LogP contribution in [0.3, 0.4) is 0 Å². The Hall–Kier alpha value is -3.13. The molecule has 8 nitrogen and oxygen atoms in total. The van der Waals surface area contributed by atoms with Crippen LogP contribution in [0.25, 0.3) is 0 Å².